The number of anilines is 2. The third-order valence-electron chi connectivity index (χ3n) is 7.19. The number of rotatable bonds is 9. The van der Waals surface area contributed by atoms with E-state index in [1.165, 1.54) is 11.8 Å². The number of amides is 2. The van der Waals surface area contributed by atoms with Crippen molar-refractivity contribution in [3.63, 3.8) is 0 Å². The average Bonchev–Trinajstić information content (AvgIpc) is 3.37. The van der Waals surface area contributed by atoms with E-state index in [-0.39, 0.29) is 17.6 Å². The second-order valence-corrected chi connectivity index (χ2v) is 11.2. The maximum absolute atomic E-state index is 14.0. The molecule has 0 bridgehead atoms. The fourth-order valence-electron chi connectivity index (χ4n) is 5.07. The first-order valence-electron chi connectivity index (χ1n) is 13.1. The highest BCUT2D eigenvalue weighted by Crippen LogP contribution is 2.38. The van der Waals surface area contributed by atoms with Crippen LogP contribution in [0.25, 0.3) is 0 Å². The van der Waals surface area contributed by atoms with Gasteiger partial charge in [0.15, 0.2) is 5.16 Å². The number of thioether (sulfide) groups is 1. The minimum absolute atomic E-state index is 0.0824. The molecular weight excluding hydrogens is 494 g/mol. The van der Waals surface area contributed by atoms with E-state index < -0.39 is 5.54 Å². The molecule has 0 radical (unpaired) electrons. The van der Waals surface area contributed by atoms with Gasteiger partial charge in [-0.05, 0) is 75.1 Å². The Balaban J connectivity index is 1.63. The SMILES string of the molecule is Cc1cc(C)nc(SCC(=O)N(Cc2ccccc2C)C2(C(=O)Nc3ccc(N(C)C)cc3)CCCC2)n1. The molecular formula is C30H37N5O2S. The molecule has 1 aliphatic rings. The summed E-state index contributed by atoms with van der Waals surface area (Å²) in [6, 6.07) is 17.8. The standard InChI is InChI=1S/C30H37N5O2S/c1-21-10-6-7-11-24(21)19-35(27(36)20-38-29-31-22(2)18-23(3)32-29)30(16-8-9-17-30)28(37)33-25-12-14-26(15-13-25)34(4)5/h6-7,10-15,18H,8-9,16-17,19-20H2,1-5H3,(H,33,37). The van der Waals surface area contributed by atoms with Crippen LogP contribution in [0.4, 0.5) is 11.4 Å². The monoisotopic (exact) mass is 531 g/mol. The third kappa shape index (κ3) is 6.35. The molecule has 3 aromatic rings. The maximum atomic E-state index is 14.0. The lowest BCUT2D eigenvalue weighted by molar-refractivity contribution is -0.144. The molecule has 7 nitrogen and oxygen atoms in total. The number of hydrogen-bond acceptors (Lipinski definition) is 6. The van der Waals surface area contributed by atoms with Crippen LogP contribution in [0.5, 0.6) is 0 Å². The molecule has 1 fully saturated rings. The van der Waals surface area contributed by atoms with E-state index in [4.69, 9.17) is 0 Å². The summed E-state index contributed by atoms with van der Waals surface area (Å²) >= 11 is 1.33. The van der Waals surface area contributed by atoms with Gasteiger partial charge in [-0.15, -0.1) is 0 Å². The first kappa shape index (κ1) is 27.6. The normalized spacial score (nSPS) is 14.2. The lowest BCUT2D eigenvalue weighted by atomic mass is 9.92. The van der Waals surface area contributed by atoms with Crippen molar-refractivity contribution in [2.45, 2.75) is 63.7 Å². The highest BCUT2D eigenvalue weighted by Gasteiger charge is 2.48. The highest BCUT2D eigenvalue weighted by atomic mass is 32.2. The van der Waals surface area contributed by atoms with E-state index in [1.807, 2.05) is 99.3 Å². The molecule has 1 aromatic heterocycles. The molecule has 4 rings (SSSR count). The van der Waals surface area contributed by atoms with Gasteiger partial charge in [-0.1, -0.05) is 48.9 Å². The van der Waals surface area contributed by atoms with E-state index in [1.54, 1.807) is 0 Å². The number of nitrogens with one attached hydrogen (secondary N) is 1. The van der Waals surface area contributed by atoms with E-state index in [0.717, 1.165) is 46.7 Å². The second-order valence-electron chi connectivity index (χ2n) is 10.3. The Bertz CT molecular complexity index is 1270. The quantitative estimate of drug-likeness (QED) is 0.289. The Morgan fingerprint density at radius 1 is 0.947 bits per heavy atom. The Morgan fingerprint density at radius 2 is 1.58 bits per heavy atom. The summed E-state index contributed by atoms with van der Waals surface area (Å²) in [5, 5.41) is 3.71. The molecule has 0 atom stereocenters. The van der Waals surface area contributed by atoms with Crippen molar-refractivity contribution in [2.24, 2.45) is 0 Å². The molecule has 1 saturated carbocycles. The Hall–Kier alpha value is -3.39. The lowest BCUT2D eigenvalue weighted by Crippen LogP contribution is -2.57. The van der Waals surface area contributed by atoms with Crippen LogP contribution >= 0.6 is 11.8 Å². The first-order valence-corrected chi connectivity index (χ1v) is 14.1. The molecule has 0 aliphatic heterocycles. The van der Waals surface area contributed by atoms with E-state index in [0.29, 0.717) is 24.5 Å². The second kappa shape index (κ2) is 12.0. The van der Waals surface area contributed by atoms with Gasteiger partial charge in [0.2, 0.25) is 11.8 Å². The fourth-order valence-corrected chi connectivity index (χ4v) is 5.89. The van der Waals surface area contributed by atoms with Crippen LogP contribution < -0.4 is 10.2 Å². The minimum Gasteiger partial charge on any atom is -0.378 e. The predicted octanol–water partition coefficient (Wildman–Crippen LogP) is 5.54. The van der Waals surface area contributed by atoms with Gasteiger partial charge in [-0.25, -0.2) is 9.97 Å². The van der Waals surface area contributed by atoms with Gasteiger partial charge in [-0.3, -0.25) is 9.59 Å². The van der Waals surface area contributed by atoms with Crippen LogP contribution in [0.3, 0.4) is 0 Å². The molecule has 1 heterocycles. The minimum atomic E-state index is -0.913. The molecule has 2 amide bonds. The van der Waals surface area contributed by atoms with Gasteiger partial charge in [0.05, 0.1) is 5.75 Å². The number of nitrogens with zero attached hydrogens (tertiary/aromatic N) is 4. The summed E-state index contributed by atoms with van der Waals surface area (Å²) < 4.78 is 0. The van der Waals surface area contributed by atoms with Gasteiger partial charge in [0.1, 0.15) is 5.54 Å². The maximum Gasteiger partial charge on any atom is 0.250 e. The highest BCUT2D eigenvalue weighted by molar-refractivity contribution is 7.99. The van der Waals surface area contributed by atoms with Crippen LogP contribution in [0.2, 0.25) is 0 Å². The summed E-state index contributed by atoms with van der Waals surface area (Å²) in [6.45, 7) is 6.28. The summed E-state index contributed by atoms with van der Waals surface area (Å²) in [6.07, 6.45) is 3.07. The van der Waals surface area contributed by atoms with Crippen LogP contribution in [-0.4, -0.2) is 52.1 Å². The Morgan fingerprint density at radius 3 is 2.18 bits per heavy atom. The van der Waals surface area contributed by atoms with E-state index in [2.05, 4.69) is 15.3 Å². The number of carbonyl (C=O) groups is 2. The average molecular weight is 532 g/mol. The zero-order valence-electron chi connectivity index (χ0n) is 23.0. The topological polar surface area (TPSA) is 78.4 Å². The summed E-state index contributed by atoms with van der Waals surface area (Å²) in [4.78, 5) is 40.7. The zero-order chi connectivity index (χ0) is 27.3. The van der Waals surface area contributed by atoms with Crippen molar-refractivity contribution < 1.29 is 9.59 Å². The van der Waals surface area contributed by atoms with E-state index in [9.17, 15) is 9.59 Å². The zero-order valence-corrected chi connectivity index (χ0v) is 23.8. The molecule has 8 heteroatoms. The number of aryl methyl sites for hydroxylation is 3. The van der Waals surface area contributed by atoms with Crippen LogP contribution in [-0.2, 0) is 16.1 Å². The number of aromatic nitrogens is 2. The number of carbonyl (C=O) groups excluding carboxylic acids is 2. The van der Waals surface area contributed by atoms with E-state index >= 15 is 0 Å². The Labute approximate surface area is 230 Å². The van der Waals surface area contributed by atoms with Crippen LogP contribution in [0.15, 0.2) is 59.8 Å². The summed E-state index contributed by atoms with van der Waals surface area (Å²) in [7, 11) is 3.97. The molecule has 1 N–H and O–H groups in total. The smallest absolute Gasteiger partial charge is 0.250 e. The van der Waals surface area contributed by atoms with Gasteiger partial charge in [-0.2, -0.15) is 0 Å². The predicted molar refractivity (Wildman–Crippen MR) is 155 cm³/mol. The third-order valence-corrected chi connectivity index (χ3v) is 8.02. The van der Waals surface area contributed by atoms with Crippen LogP contribution in [0.1, 0.15) is 48.2 Å². The summed E-state index contributed by atoms with van der Waals surface area (Å²) in [5.74, 6) is -0.0374. The lowest BCUT2D eigenvalue weighted by Gasteiger charge is -2.40. The Kier molecular flexibility index (Phi) is 8.72. The van der Waals surface area contributed by atoms with Gasteiger partial charge in [0, 0.05) is 43.4 Å². The largest absolute Gasteiger partial charge is 0.378 e. The van der Waals surface area contributed by atoms with Crippen molar-refractivity contribution in [3.05, 3.63) is 77.1 Å². The molecule has 0 unspecified atom stereocenters. The summed E-state index contributed by atoms with van der Waals surface area (Å²) in [5.41, 5.74) is 4.76. The number of benzene rings is 2. The fraction of sp³-hybridized carbons (Fsp3) is 0.400. The molecule has 0 saturated heterocycles. The van der Waals surface area contributed by atoms with Crippen molar-refractivity contribution in [2.75, 3.05) is 30.1 Å². The molecule has 200 valence electrons. The number of hydrogen-bond donors (Lipinski definition) is 1. The van der Waals surface area contributed by atoms with Crippen molar-refractivity contribution in [1.82, 2.24) is 14.9 Å². The van der Waals surface area contributed by atoms with Gasteiger partial charge in [0.25, 0.3) is 0 Å². The molecule has 38 heavy (non-hydrogen) atoms. The molecule has 2 aromatic carbocycles. The van der Waals surface area contributed by atoms with Crippen LogP contribution in [0, 0.1) is 20.8 Å². The van der Waals surface area contributed by atoms with Crippen molar-refractivity contribution in [1.29, 1.82) is 0 Å². The van der Waals surface area contributed by atoms with Gasteiger partial charge >= 0.3 is 0 Å². The molecule has 0 spiro atoms. The first-order chi connectivity index (χ1) is 18.2. The molecule has 1 aliphatic carbocycles. The van der Waals surface area contributed by atoms with Crippen molar-refractivity contribution in [3.8, 4) is 0 Å². The van der Waals surface area contributed by atoms with Crippen molar-refractivity contribution >= 4 is 35.0 Å². The van der Waals surface area contributed by atoms with Gasteiger partial charge < -0.3 is 15.1 Å².